The molecule has 1 aliphatic carbocycles. The zero-order valence-corrected chi connectivity index (χ0v) is 18.7. The van der Waals surface area contributed by atoms with Gasteiger partial charge >= 0.3 is 7.12 Å². The van der Waals surface area contributed by atoms with Crippen molar-refractivity contribution < 1.29 is 9.31 Å². The zero-order chi connectivity index (χ0) is 21.3. The van der Waals surface area contributed by atoms with Crippen LogP contribution in [0.5, 0.6) is 0 Å². The predicted octanol–water partition coefficient (Wildman–Crippen LogP) is 5.96. The third kappa shape index (κ3) is 2.72. The lowest BCUT2D eigenvalue weighted by Crippen LogP contribution is -2.41. The van der Waals surface area contributed by atoms with Crippen LogP contribution in [0.25, 0.3) is 22.3 Å². The van der Waals surface area contributed by atoms with Gasteiger partial charge in [-0.2, -0.15) is 0 Å². The van der Waals surface area contributed by atoms with Crippen LogP contribution < -0.4 is 5.46 Å². The molecule has 0 aromatic heterocycles. The van der Waals surface area contributed by atoms with Crippen molar-refractivity contribution in [1.82, 2.24) is 0 Å². The summed E-state index contributed by atoms with van der Waals surface area (Å²) in [6.45, 7) is 13.1. The van der Waals surface area contributed by atoms with Crippen LogP contribution in [0.4, 0.5) is 0 Å². The van der Waals surface area contributed by atoms with E-state index in [-0.39, 0.29) is 23.7 Å². The van der Waals surface area contributed by atoms with Gasteiger partial charge in [-0.05, 0) is 66.5 Å². The van der Waals surface area contributed by atoms with Crippen LogP contribution in [-0.4, -0.2) is 18.3 Å². The van der Waals surface area contributed by atoms with Crippen molar-refractivity contribution in [2.24, 2.45) is 0 Å². The Morgan fingerprint density at radius 1 is 0.633 bits per heavy atom. The number of benzene rings is 3. The first-order valence-corrected chi connectivity index (χ1v) is 10.8. The molecule has 0 atom stereocenters. The van der Waals surface area contributed by atoms with Crippen LogP contribution in [0.15, 0.2) is 66.7 Å². The molecule has 1 heterocycles. The highest BCUT2D eigenvalue weighted by atomic mass is 16.7. The number of rotatable bonds is 2. The molecule has 3 aromatic rings. The Balaban J connectivity index is 1.68. The molecule has 5 rings (SSSR count). The van der Waals surface area contributed by atoms with E-state index in [4.69, 9.17) is 9.31 Å². The van der Waals surface area contributed by atoms with Gasteiger partial charge in [-0.1, -0.05) is 80.6 Å². The van der Waals surface area contributed by atoms with E-state index in [1.165, 1.54) is 33.4 Å². The molecule has 2 aliphatic rings. The first-order chi connectivity index (χ1) is 14.1. The van der Waals surface area contributed by atoms with Gasteiger partial charge in [0.1, 0.15) is 0 Å². The molecule has 1 saturated heterocycles. The topological polar surface area (TPSA) is 18.5 Å². The Morgan fingerprint density at radius 3 is 1.97 bits per heavy atom. The van der Waals surface area contributed by atoms with Gasteiger partial charge < -0.3 is 9.31 Å². The van der Waals surface area contributed by atoms with Crippen molar-refractivity contribution in [3.05, 3.63) is 77.9 Å². The minimum Gasteiger partial charge on any atom is -0.399 e. The summed E-state index contributed by atoms with van der Waals surface area (Å²) in [6.07, 6.45) is 0. The fourth-order valence-corrected chi connectivity index (χ4v) is 4.81. The highest BCUT2D eigenvalue weighted by molar-refractivity contribution is 6.62. The minimum absolute atomic E-state index is 0.0378. The zero-order valence-electron chi connectivity index (χ0n) is 18.7. The molecule has 0 saturated carbocycles. The van der Waals surface area contributed by atoms with Crippen molar-refractivity contribution in [3.63, 3.8) is 0 Å². The van der Waals surface area contributed by atoms with E-state index < -0.39 is 0 Å². The highest BCUT2D eigenvalue weighted by Crippen LogP contribution is 2.51. The molecule has 0 N–H and O–H groups in total. The molecule has 0 amide bonds. The molecule has 0 spiro atoms. The summed E-state index contributed by atoms with van der Waals surface area (Å²) in [5.41, 5.74) is 8.26. The smallest absolute Gasteiger partial charge is 0.399 e. The molecule has 3 aromatic carbocycles. The van der Waals surface area contributed by atoms with E-state index in [0.717, 1.165) is 5.46 Å². The third-order valence-corrected chi connectivity index (χ3v) is 7.33. The highest BCUT2D eigenvalue weighted by Gasteiger charge is 2.52. The minimum atomic E-state index is -0.351. The molecule has 0 bridgehead atoms. The van der Waals surface area contributed by atoms with Crippen LogP contribution in [-0.2, 0) is 14.7 Å². The fraction of sp³-hybridized carbons (Fsp3) is 0.333. The molecule has 30 heavy (non-hydrogen) atoms. The molecule has 1 fully saturated rings. The summed E-state index contributed by atoms with van der Waals surface area (Å²) in [6, 6.07) is 24.1. The first-order valence-electron chi connectivity index (χ1n) is 10.8. The van der Waals surface area contributed by atoms with Crippen LogP contribution in [0, 0.1) is 0 Å². The van der Waals surface area contributed by atoms with Gasteiger partial charge in [0.15, 0.2) is 0 Å². The van der Waals surface area contributed by atoms with Crippen LogP contribution in [0.3, 0.4) is 0 Å². The first kappa shape index (κ1) is 19.6. The average molecular weight is 396 g/mol. The Hall–Kier alpha value is -2.36. The van der Waals surface area contributed by atoms with Crippen molar-refractivity contribution in [2.75, 3.05) is 0 Å². The molecule has 0 unspecified atom stereocenters. The van der Waals surface area contributed by atoms with Gasteiger partial charge in [-0.3, -0.25) is 0 Å². The van der Waals surface area contributed by atoms with Crippen molar-refractivity contribution in [3.8, 4) is 22.3 Å². The molecule has 3 heteroatoms. The van der Waals surface area contributed by atoms with Gasteiger partial charge in [-0.15, -0.1) is 0 Å². The van der Waals surface area contributed by atoms with Gasteiger partial charge in [0.05, 0.1) is 11.2 Å². The van der Waals surface area contributed by atoms with Crippen molar-refractivity contribution >= 4 is 12.6 Å². The Morgan fingerprint density at radius 2 is 1.30 bits per heavy atom. The largest absolute Gasteiger partial charge is 0.494 e. The quantitative estimate of drug-likeness (QED) is 0.498. The summed E-state index contributed by atoms with van der Waals surface area (Å²) in [5.74, 6) is 0. The van der Waals surface area contributed by atoms with E-state index in [0.29, 0.717) is 0 Å². The molecule has 2 nitrogen and oxygen atoms in total. The molecule has 152 valence electrons. The lowest BCUT2D eigenvalue weighted by molar-refractivity contribution is 0.00578. The van der Waals surface area contributed by atoms with Crippen LogP contribution >= 0.6 is 0 Å². The Bertz CT molecular complexity index is 1110. The SMILES string of the molecule is CC1(C)c2ccc(B3OC(C)(C)C(C)(C)O3)cc2-c2c(-c3ccccc3)cccc21. The summed E-state index contributed by atoms with van der Waals surface area (Å²) in [7, 11) is -0.351. The predicted molar refractivity (Wildman–Crippen MR) is 125 cm³/mol. The average Bonchev–Trinajstić information content (AvgIpc) is 3.08. The molecule has 0 radical (unpaired) electrons. The van der Waals surface area contributed by atoms with E-state index in [1.807, 2.05) is 0 Å². The third-order valence-electron chi connectivity index (χ3n) is 7.33. The van der Waals surface area contributed by atoms with E-state index in [2.05, 4.69) is 108 Å². The van der Waals surface area contributed by atoms with Gasteiger partial charge in [-0.25, -0.2) is 0 Å². The molecular weight excluding hydrogens is 367 g/mol. The van der Waals surface area contributed by atoms with Gasteiger partial charge in [0, 0.05) is 5.41 Å². The summed E-state index contributed by atoms with van der Waals surface area (Å²) in [4.78, 5) is 0. The second-order valence-corrected chi connectivity index (χ2v) is 10.1. The fourth-order valence-electron chi connectivity index (χ4n) is 4.81. The number of hydrogen-bond donors (Lipinski definition) is 0. The summed E-state index contributed by atoms with van der Waals surface area (Å²) < 4.78 is 12.7. The number of fused-ring (bicyclic) bond motifs is 3. The Labute approximate surface area is 180 Å². The summed E-state index contributed by atoms with van der Waals surface area (Å²) in [5, 5.41) is 0. The maximum Gasteiger partial charge on any atom is 0.494 e. The molecule has 1 aliphatic heterocycles. The maximum absolute atomic E-state index is 6.34. The van der Waals surface area contributed by atoms with Crippen LogP contribution in [0.2, 0.25) is 0 Å². The standard InChI is InChI=1S/C27H29BO2/c1-25(2)22-16-15-19(28-29-26(3,4)27(5,6)30-28)17-21(22)24-20(13-10-14-23(24)25)18-11-8-7-9-12-18/h7-17H,1-6H3. The van der Waals surface area contributed by atoms with Crippen molar-refractivity contribution in [2.45, 2.75) is 58.2 Å². The monoisotopic (exact) mass is 396 g/mol. The van der Waals surface area contributed by atoms with Crippen molar-refractivity contribution in [1.29, 1.82) is 0 Å². The maximum atomic E-state index is 6.34. The van der Waals surface area contributed by atoms with E-state index >= 15 is 0 Å². The molecular formula is C27H29BO2. The lowest BCUT2D eigenvalue weighted by Gasteiger charge is -2.32. The summed E-state index contributed by atoms with van der Waals surface area (Å²) >= 11 is 0. The normalized spacial score (nSPS) is 20.1. The van der Waals surface area contributed by atoms with Gasteiger partial charge in [0.25, 0.3) is 0 Å². The second kappa shape index (κ2) is 6.32. The van der Waals surface area contributed by atoms with Crippen LogP contribution in [0.1, 0.15) is 52.7 Å². The second-order valence-electron chi connectivity index (χ2n) is 10.1. The number of hydrogen-bond acceptors (Lipinski definition) is 2. The lowest BCUT2D eigenvalue weighted by atomic mass is 9.76. The van der Waals surface area contributed by atoms with E-state index in [1.54, 1.807) is 0 Å². The van der Waals surface area contributed by atoms with Gasteiger partial charge in [0.2, 0.25) is 0 Å². The van der Waals surface area contributed by atoms with E-state index in [9.17, 15) is 0 Å². The Kier molecular flexibility index (Phi) is 4.13.